The number of nitrogens with two attached hydrogens (primary N) is 1. The molecule has 0 radical (unpaired) electrons. The highest BCUT2D eigenvalue weighted by Crippen LogP contribution is 2.31. The van der Waals surface area contributed by atoms with Crippen molar-refractivity contribution in [3.63, 3.8) is 0 Å². The van der Waals surface area contributed by atoms with Gasteiger partial charge in [0.05, 0.1) is 23.3 Å². The summed E-state index contributed by atoms with van der Waals surface area (Å²) >= 11 is 0. The summed E-state index contributed by atoms with van der Waals surface area (Å²) < 4.78 is 7.65. The van der Waals surface area contributed by atoms with Gasteiger partial charge in [-0.2, -0.15) is 0 Å². The molecule has 35 heavy (non-hydrogen) atoms. The van der Waals surface area contributed by atoms with Crippen molar-refractivity contribution < 1.29 is 14.6 Å². The first-order valence-corrected chi connectivity index (χ1v) is 12.2. The monoisotopic (exact) mass is 475 g/mol. The van der Waals surface area contributed by atoms with E-state index in [-0.39, 0.29) is 24.5 Å². The number of likely N-dealkylation sites (tertiary alicyclic amines) is 1. The summed E-state index contributed by atoms with van der Waals surface area (Å²) in [5.41, 5.74) is 11.2. The Hall–Kier alpha value is -3.20. The molecule has 0 aliphatic carbocycles. The van der Waals surface area contributed by atoms with Crippen LogP contribution in [0.25, 0.3) is 33.5 Å². The van der Waals surface area contributed by atoms with Crippen LogP contribution >= 0.6 is 0 Å². The summed E-state index contributed by atoms with van der Waals surface area (Å²) in [5.74, 6) is 0.808. The highest BCUT2D eigenvalue weighted by atomic mass is 16.5. The molecule has 4 N–H and O–H groups in total. The number of hydrogen-bond acceptors (Lipinski definition) is 5. The topological polar surface area (TPSA) is 109 Å². The summed E-state index contributed by atoms with van der Waals surface area (Å²) in [5, 5.41) is 10.8. The Bertz CT molecular complexity index is 1360. The zero-order valence-electron chi connectivity index (χ0n) is 20.3. The number of aromatic nitrogens is 3. The number of hydrogen-bond donors (Lipinski definition) is 3. The van der Waals surface area contributed by atoms with Gasteiger partial charge in [-0.05, 0) is 43.0 Å². The molecule has 8 heteroatoms. The van der Waals surface area contributed by atoms with Gasteiger partial charge in [0.25, 0.3) is 5.91 Å². The predicted molar refractivity (Wildman–Crippen MR) is 137 cm³/mol. The molecule has 3 heterocycles. The van der Waals surface area contributed by atoms with Gasteiger partial charge in [-0.1, -0.05) is 25.1 Å². The van der Waals surface area contributed by atoms with Crippen LogP contribution in [0.2, 0.25) is 0 Å². The van der Waals surface area contributed by atoms with Crippen LogP contribution in [0.5, 0.6) is 0 Å². The number of methoxy groups -OCH3 is 1. The lowest BCUT2D eigenvalue weighted by atomic mass is 10.0. The molecule has 2 aromatic carbocycles. The van der Waals surface area contributed by atoms with Crippen LogP contribution in [0.3, 0.4) is 0 Å². The predicted octanol–water partition coefficient (Wildman–Crippen LogP) is 3.52. The SMILES string of the molecule is COCc1cc(C(=O)N2CCC[C@@H](N)C2)cc2[nH]c(-c3cc4ccccc4n3C[C@@H](C)CO)nc12. The molecule has 1 fully saturated rings. The maximum atomic E-state index is 13.3. The number of nitrogens with one attached hydrogen (secondary N) is 1. The molecule has 184 valence electrons. The number of amides is 1. The minimum Gasteiger partial charge on any atom is -0.396 e. The summed E-state index contributed by atoms with van der Waals surface area (Å²) in [6.45, 7) is 4.45. The third kappa shape index (κ3) is 4.57. The molecular weight excluding hydrogens is 442 g/mol. The zero-order valence-corrected chi connectivity index (χ0v) is 20.3. The van der Waals surface area contributed by atoms with Gasteiger partial charge in [0.2, 0.25) is 0 Å². The number of imidazole rings is 1. The first-order valence-electron chi connectivity index (χ1n) is 12.2. The van der Waals surface area contributed by atoms with Crippen molar-refractivity contribution in [2.24, 2.45) is 11.7 Å². The number of carbonyl (C=O) groups is 1. The Morgan fingerprint density at radius 1 is 1.31 bits per heavy atom. The molecule has 1 amide bonds. The van der Waals surface area contributed by atoms with E-state index >= 15 is 0 Å². The van der Waals surface area contributed by atoms with Crippen molar-refractivity contribution >= 4 is 27.8 Å². The van der Waals surface area contributed by atoms with E-state index in [1.165, 1.54) is 0 Å². The molecule has 2 aromatic heterocycles. The van der Waals surface area contributed by atoms with Gasteiger partial charge in [0.1, 0.15) is 0 Å². The van der Waals surface area contributed by atoms with Crippen LogP contribution in [-0.2, 0) is 17.9 Å². The van der Waals surface area contributed by atoms with E-state index in [2.05, 4.69) is 27.8 Å². The molecule has 0 saturated carbocycles. The van der Waals surface area contributed by atoms with E-state index < -0.39 is 0 Å². The average molecular weight is 476 g/mol. The van der Waals surface area contributed by atoms with Gasteiger partial charge >= 0.3 is 0 Å². The normalized spacial score (nSPS) is 17.4. The number of para-hydroxylation sites is 1. The lowest BCUT2D eigenvalue weighted by Crippen LogP contribution is -2.45. The number of H-pyrrole nitrogens is 1. The maximum Gasteiger partial charge on any atom is 0.253 e. The highest BCUT2D eigenvalue weighted by Gasteiger charge is 2.24. The molecule has 8 nitrogen and oxygen atoms in total. The van der Waals surface area contributed by atoms with Crippen molar-refractivity contribution in [3.05, 3.63) is 53.6 Å². The number of aliphatic hydroxyl groups excluding tert-OH is 1. The first-order chi connectivity index (χ1) is 17.0. The average Bonchev–Trinajstić information content (AvgIpc) is 3.45. The zero-order chi connectivity index (χ0) is 24.5. The van der Waals surface area contributed by atoms with E-state index in [1.54, 1.807) is 7.11 Å². The number of ether oxygens (including phenoxy) is 1. The molecule has 0 unspecified atom stereocenters. The second kappa shape index (κ2) is 9.81. The Kier molecular flexibility index (Phi) is 6.60. The Balaban J connectivity index is 1.60. The molecule has 1 saturated heterocycles. The number of aromatic amines is 1. The Morgan fingerprint density at radius 3 is 2.91 bits per heavy atom. The third-order valence-electron chi connectivity index (χ3n) is 6.82. The van der Waals surface area contributed by atoms with E-state index in [9.17, 15) is 9.90 Å². The van der Waals surface area contributed by atoms with Gasteiger partial charge in [-0.25, -0.2) is 4.98 Å². The molecule has 5 rings (SSSR count). The number of piperidine rings is 1. The van der Waals surface area contributed by atoms with E-state index in [4.69, 9.17) is 15.5 Å². The number of benzene rings is 2. The number of carbonyl (C=O) groups excluding carboxylic acids is 1. The van der Waals surface area contributed by atoms with E-state index in [1.807, 2.05) is 36.1 Å². The number of nitrogens with zero attached hydrogens (tertiary/aromatic N) is 3. The highest BCUT2D eigenvalue weighted by molar-refractivity contribution is 5.99. The molecule has 1 aliphatic rings. The molecule has 0 bridgehead atoms. The van der Waals surface area contributed by atoms with Crippen LogP contribution < -0.4 is 5.73 Å². The number of fused-ring (bicyclic) bond motifs is 2. The van der Waals surface area contributed by atoms with Gasteiger partial charge in [-0.15, -0.1) is 0 Å². The fraction of sp³-hybridized carbons (Fsp3) is 0.407. The minimum absolute atomic E-state index is 0.0126. The van der Waals surface area contributed by atoms with Crippen molar-refractivity contribution in [1.29, 1.82) is 0 Å². The van der Waals surface area contributed by atoms with Crippen molar-refractivity contribution in [3.8, 4) is 11.5 Å². The van der Waals surface area contributed by atoms with Crippen LogP contribution in [0, 0.1) is 5.92 Å². The van der Waals surface area contributed by atoms with Crippen LogP contribution in [-0.4, -0.2) is 63.3 Å². The fourth-order valence-electron chi connectivity index (χ4n) is 5.05. The van der Waals surface area contributed by atoms with Gasteiger partial charge in [-0.3, -0.25) is 4.79 Å². The van der Waals surface area contributed by atoms with Crippen molar-refractivity contribution in [2.75, 3.05) is 26.8 Å². The van der Waals surface area contributed by atoms with Gasteiger partial charge < -0.3 is 30.0 Å². The lowest BCUT2D eigenvalue weighted by Gasteiger charge is -2.31. The maximum absolute atomic E-state index is 13.3. The molecule has 1 aliphatic heterocycles. The standard InChI is InChI=1S/C27H33N5O3/c1-17(15-33)13-32-23-8-4-3-6-18(23)12-24(32)26-29-22-11-19(10-20(16-35-2)25(22)30-26)27(34)31-9-5-7-21(28)14-31/h3-4,6,8,10-12,17,21,33H,5,7,9,13-16,28H2,1-2H3,(H,29,30)/t17-,21-/m1/s1. The minimum atomic E-state index is -0.0126. The smallest absolute Gasteiger partial charge is 0.253 e. The summed E-state index contributed by atoms with van der Waals surface area (Å²) in [6, 6.07) is 14.1. The quantitative estimate of drug-likeness (QED) is 0.379. The third-order valence-corrected chi connectivity index (χ3v) is 6.82. The molecule has 4 aromatic rings. The van der Waals surface area contributed by atoms with E-state index in [0.717, 1.165) is 58.4 Å². The molecule has 2 atom stereocenters. The molecular formula is C27H33N5O3. The van der Waals surface area contributed by atoms with E-state index in [0.29, 0.717) is 25.3 Å². The van der Waals surface area contributed by atoms with Gasteiger partial charge in [0, 0.05) is 61.4 Å². The first kappa shape index (κ1) is 23.5. The summed E-state index contributed by atoms with van der Waals surface area (Å²) in [4.78, 5) is 23.6. The number of aliphatic hydroxyl groups is 1. The van der Waals surface area contributed by atoms with Crippen LogP contribution in [0.4, 0.5) is 0 Å². The largest absolute Gasteiger partial charge is 0.396 e. The van der Waals surface area contributed by atoms with Crippen molar-refractivity contribution in [2.45, 2.75) is 39.0 Å². The van der Waals surface area contributed by atoms with Gasteiger partial charge in [0.15, 0.2) is 5.82 Å². The van der Waals surface area contributed by atoms with Crippen molar-refractivity contribution in [1.82, 2.24) is 19.4 Å². The second-order valence-electron chi connectivity index (χ2n) is 9.69. The fourth-order valence-corrected chi connectivity index (χ4v) is 5.05. The summed E-state index contributed by atoms with van der Waals surface area (Å²) in [7, 11) is 1.64. The van der Waals surface area contributed by atoms with Crippen LogP contribution in [0.1, 0.15) is 35.7 Å². The number of rotatable bonds is 7. The Morgan fingerprint density at radius 2 is 2.14 bits per heavy atom. The Labute approximate surface area is 204 Å². The van der Waals surface area contributed by atoms with Crippen LogP contribution in [0.15, 0.2) is 42.5 Å². The summed E-state index contributed by atoms with van der Waals surface area (Å²) in [6.07, 6.45) is 1.87. The molecule has 0 spiro atoms. The second-order valence-corrected chi connectivity index (χ2v) is 9.69. The lowest BCUT2D eigenvalue weighted by molar-refractivity contribution is 0.0708.